The first-order valence-corrected chi connectivity index (χ1v) is 10.1. The fourth-order valence-corrected chi connectivity index (χ4v) is 5.73. The topological polar surface area (TPSA) is 75.4 Å². The van der Waals surface area contributed by atoms with Crippen LogP contribution in [0.1, 0.15) is 51.5 Å². The van der Waals surface area contributed by atoms with E-state index >= 15 is 4.39 Å². The van der Waals surface area contributed by atoms with E-state index in [1.807, 2.05) is 0 Å². The average Bonchev–Trinajstić information content (AvgIpc) is 3.20. The van der Waals surface area contributed by atoms with Gasteiger partial charge < -0.3 is 10.0 Å². The second-order valence-electron chi connectivity index (χ2n) is 8.30. The highest BCUT2D eigenvalue weighted by Crippen LogP contribution is 2.56. The smallest absolute Gasteiger partial charge is 0.276 e. The molecular weight excluding hydrogens is 404 g/mol. The van der Waals surface area contributed by atoms with E-state index in [2.05, 4.69) is 5.10 Å². The first kappa shape index (κ1) is 18.2. The summed E-state index contributed by atoms with van der Waals surface area (Å²) in [4.78, 5) is 26.9. The monoisotopic (exact) mass is 421 g/mol. The molecule has 31 heavy (non-hydrogen) atoms. The average molecular weight is 421 g/mol. The molecule has 2 aliphatic heterocycles. The summed E-state index contributed by atoms with van der Waals surface area (Å²) in [6.07, 6.45) is 1.58. The van der Waals surface area contributed by atoms with Crippen molar-refractivity contribution in [2.75, 3.05) is 6.54 Å². The molecule has 1 fully saturated rings. The number of nitrogens with zero attached hydrogens (tertiary/aromatic N) is 3. The zero-order valence-corrected chi connectivity index (χ0v) is 16.2. The molecule has 156 valence electrons. The minimum absolute atomic E-state index is 0.154. The van der Waals surface area contributed by atoms with Crippen LogP contribution in [0.5, 0.6) is 5.75 Å². The summed E-state index contributed by atoms with van der Waals surface area (Å²) < 4.78 is 30.6. The van der Waals surface area contributed by atoms with Crippen molar-refractivity contribution in [3.8, 4) is 5.75 Å². The van der Waals surface area contributed by atoms with Gasteiger partial charge in [0.05, 0.1) is 18.3 Å². The van der Waals surface area contributed by atoms with Gasteiger partial charge in [0.2, 0.25) is 5.43 Å². The Hall–Kier alpha value is -3.55. The standard InChI is InChI=1S/C23H17F2N3O3/c24-11-5-6-12-15(9-11)13-7-8-27-19(13)20(18(12)14-3-1-2-4-16(14)25)28-21(23(27)31)22(30)17(29)10-26-28/h1-6,9-10,13,18-20,30H,7-8H2/t13?,18-,19+,20-/m0/s1. The molecule has 6 nitrogen and oxygen atoms in total. The van der Waals surface area contributed by atoms with Gasteiger partial charge in [0.1, 0.15) is 11.6 Å². The van der Waals surface area contributed by atoms with Gasteiger partial charge in [0.25, 0.3) is 5.91 Å². The second kappa shape index (κ2) is 6.23. The van der Waals surface area contributed by atoms with Crippen LogP contribution < -0.4 is 5.43 Å². The maximum absolute atomic E-state index is 15.0. The van der Waals surface area contributed by atoms with Gasteiger partial charge in [-0.25, -0.2) is 13.5 Å². The molecule has 0 saturated carbocycles. The molecular formula is C23H17F2N3O3. The molecule has 1 N–H and O–H groups in total. The number of fused-ring (bicyclic) bond motifs is 4. The van der Waals surface area contributed by atoms with Crippen molar-refractivity contribution >= 4 is 5.91 Å². The van der Waals surface area contributed by atoms with Gasteiger partial charge in [0.15, 0.2) is 11.4 Å². The molecule has 2 aromatic carbocycles. The molecule has 0 spiro atoms. The number of hydrogen-bond acceptors (Lipinski definition) is 4. The third-order valence-corrected chi connectivity index (χ3v) is 6.90. The number of benzene rings is 2. The van der Waals surface area contributed by atoms with E-state index < -0.39 is 40.9 Å². The number of aromatic nitrogens is 2. The molecule has 0 radical (unpaired) electrons. The molecule has 3 aromatic rings. The lowest BCUT2D eigenvalue weighted by Gasteiger charge is -2.48. The Labute approximate surface area is 175 Å². The van der Waals surface area contributed by atoms with Gasteiger partial charge in [-0.2, -0.15) is 5.10 Å². The molecule has 1 aliphatic carbocycles. The summed E-state index contributed by atoms with van der Waals surface area (Å²) in [6, 6.07) is 9.90. The minimum Gasteiger partial charge on any atom is -0.502 e. The van der Waals surface area contributed by atoms with Crippen LogP contribution in [-0.2, 0) is 0 Å². The van der Waals surface area contributed by atoms with E-state index in [9.17, 15) is 19.1 Å². The molecule has 1 amide bonds. The number of amides is 1. The van der Waals surface area contributed by atoms with Gasteiger partial charge in [-0.1, -0.05) is 24.3 Å². The van der Waals surface area contributed by atoms with E-state index in [1.54, 1.807) is 29.2 Å². The predicted octanol–water partition coefficient (Wildman–Crippen LogP) is 2.93. The Bertz CT molecular complexity index is 1320. The van der Waals surface area contributed by atoms with Crippen molar-refractivity contribution in [2.24, 2.45) is 0 Å². The van der Waals surface area contributed by atoms with Crippen molar-refractivity contribution in [3.05, 3.63) is 92.9 Å². The minimum atomic E-state index is -0.741. The summed E-state index contributed by atoms with van der Waals surface area (Å²) in [7, 11) is 0. The highest BCUT2D eigenvalue weighted by atomic mass is 19.1. The van der Waals surface area contributed by atoms with Crippen LogP contribution in [0.4, 0.5) is 8.78 Å². The van der Waals surface area contributed by atoms with E-state index in [4.69, 9.17) is 0 Å². The summed E-state index contributed by atoms with van der Waals surface area (Å²) in [5.41, 5.74) is 1.00. The van der Waals surface area contributed by atoms with Gasteiger partial charge in [-0.15, -0.1) is 0 Å². The fourth-order valence-electron chi connectivity index (χ4n) is 5.73. The zero-order valence-electron chi connectivity index (χ0n) is 16.2. The molecule has 1 aromatic heterocycles. The second-order valence-corrected chi connectivity index (χ2v) is 8.30. The van der Waals surface area contributed by atoms with Crippen molar-refractivity contribution in [2.45, 2.75) is 30.3 Å². The summed E-state index contributed by atoms with van der Waals surface area (Å²) in [5.74, 6) is -2.68. The molecule has 3 aliphatic rings. The number of aromatic hydroxyl groups is 1. The van der Waals surface area contributed by atoms with Gasteiger partial charge in [-0.3, -0.25) is 9.59 Å². The Morgan fingerprint density at radius 3 is 2.61 bits per heavy atom. The highest BCUT2D eigenvalue weighted by molar-refractivity contribution is 5.96. The van der Waals surface area contributed by atoms with E-state index in [-0.39, 0.29) is 17.4 Å². The summed E-state index contributed by atoms with van der Waals surface area (Å²) >= 11 is 0. The van der Waals surface area contributed by atoms with E-state index in [0.29, 0.717) is 18.5 Å². The Morgan fingerprint density at radius 1 is 1.00 bits per heavy atom. The molecule has 6 rings (SSSR count). The van der Waals surface area contributed by atoms with Crippen LogP contribution in [0.2, 0.25) is 0 Å². The van der Waals surface area contributed by atoms with Crippen molar-refractivity contribution < 1.29 is 18.7 Å². The van der Waals surface area contributed by atoms with Crippen molar-refractivity contribution in [3.63, 3.8) is 0 Å². The first-order chi connectivity index (χ1) is 15.0. The fraction of sp³-hybridized carbons (Fsp3) is 0.261. The normalized spacial score (nSPS) is 25.7. The predicted molar refractivity (Wildman–Crippen MR) is 106 cm³/mol. The number of carbonyl (C=O) groups excluding carboxylic acids is 1. The van der Waals surface area contributed by atoms with Crippen LogP contribution >= 0.6 is 0 Å². The lowest BCUT2D eigenvalue weighted by Crippen LogP contribution is -2.54. The molecule has 0 bridgehead atoms. The number of carbonyl (C=O) groups is 1. The SMILES string of the molecule is O=C1c2c(O)c(=O)cnn2[C@H]2[C@H](c3ccccc3F)c3ccc(F)cc3C3CCN1[C@H]32. The maximum Gasteiger partial charge on any atom is 0.276 e. The van der Waals surface area contributed by atoms with Crippen LogP contribution in [-0.4, -0.2) is 38.3 Å². The van der Waals surface area contributed by atoms with Crippen LogP contribution in [0.25, 0.3) is 0 Å². The first-order valence-electron chi connectivity index (χ1n) is 10.1. The van der Waals surface area contributed by atoms with Gasteiger partial charge in [0, 0.05) is 18.4 Å². The number of hydrogen-bond donors (Lipinski definition) is 1. The third-order valence-electron chi connectivity index (χ3n) is 6.90. The summed E-state index contributed by atoms with van der Waals surface area (Å²) in [6.45, 7) is 0.396. The van der Waals surface area contributed by atoms with E-state index in [1.165, 1.54) is 22.9 Å². The molecule has 8 heteroatoms. The van der Waals surface area contributed by atoms with Crippen LogP contribution in [0, 0.1) is 11.6 Å². The summed E-state index contributed by atoms with van der Waals surface area (Å²) in [5, 5.41) is 14.6. The Kier molecular flexibility index (Phi) is 3.66. The molecule has 3 heterocycles. The van der Waals surface area contributed by atoms with Gasteiger partial charge >= 0.3 is 0 Å². The van der Waals surface area contributed by atoms with Crippen LogP contribution in [0.3, 0.4) is 0 Å². The largest absolute Gasteiger partial charge is 0.502 e. The molecule has 1 unspecified atom stereocenters. The lowest BCUT2D eigenvalue weighted by molar-refractivity contribution is 0.0530. The molecule has 1 saturated heterocycles. The Morgan fingerprint density at radius 2 is 1.81 bits per heavy atom. The third kappa shape index (κ3) is 2.33. The van der Waals surface area contributed by atoms with Crippen LogP contribution in [0.15, 0.2) is 53.5 Å². The quantitative estimate of drug-likeness (QED) is 0.656. The van der Waals surface area contributed by atoms with E-state index in [0.717, 1.165) is 17.3 Å². The van der Waals surface area contributed by atoms with Gasteiger partial charge in [-0.05, 0) is 41.3 Å². The molecule has 4 atom stereocenters. The van der Waals surface area contributed by atoms with Crippen molar-refractivity contribution in [1.29, 1.82) is 0 Å². The zero-order chi connectivity index (χ0) is 21.4. The Balaban J connectivity index is 1.70. The number of halogens is 2. The number of rotatable bonds is 1. The highest BCUT2D eigenvalue weighted by Gasteiger charge is 2.56. The lowest BCUT2D eigenvalue weighted by atomic mass is 9.67. The maximum atomic E-state index is 15.0. The van der Waals surface area contributed by atoms with Crippen molar-refractivity contribution in [1.82, 2.24) is 14.7 Å².